The lowest BCUT2D eigenvalue weighted by Gasteiger charge is -2.35. The van der Waals surface area contributed by atoms with Gasteiger partial charge in [0.25, 0.3) is 10.1 Å². The highest BCUT2D eigenvalue weighted by atomic mass is 32.2. The highest BCUT2D eigenvalue weighted by Gasteiger charge is 2.31. The van der Waals surface area contributed by atoms with E-state index in [4.69, 9.17) is 18.4 Å². The molecule has 1 fully saturated rings. The van der Waals surface area contributed by atoms with Crippen molar-refractivity contribution in [1.82, 2.24) is 0 Å². The normalized spacial score (nSPS) is 24.4. The largest absolute Gasteiger partial charge is 0.372 e. The summed E-state index contributed by atoms with van der Waals surface area (Å²) in [4.78, 5) is 0.159. The Morgan fingerprint density at radius 2 is 1.84 bits per heavy atom. The first-order chi connectivity index (χ1) is 11.9. The Balaban J connectivity index is 1.95. The second kappa shape index (κ2) is 9.64. The fraction of sp³-hybridized carbons (Fsp3) is 0.667. The van der Waals surface area contributed by atoms with Gasteiger partial charge in [0.1, 0.15) is 6.79 Å². The first-order valence-electron chi connectivity index (χ1n) is 8.66. The summed E-state index contributed by atoms with van der Waals surface area (Å²) in [6.45, 7) is 4.21. The summed E-state index contributed by atoms with van der Waals surface area (Å²) in [6.07, 6.45) is 3.01. The summed E-state index contributed by atoms with van der Waals surface area (Å²) in [5.74, 6) is 0. The van der Waals surface area contributed by atoms with Crippen LogP contribution in [0.25, 0.3) is 0 Å². The first kappa shape index (κ1) is 20.3. The van der Waals surface area contributed by atoms with Crippen LogP contribution in [0.3, 0.4) is 0 Å². The standard InChI is InChI=1S/C18H28O6S/c1-4-5-15-10-16(22-13-21-3)11-17(24-15)12-23-25(19,20)18-8-6-14(2)7-9-18/h6-9,15-17H,4-5,10-13H2,1-3H3/t15-,16+,17-/m0/s1. The molecule has 6 nitrogen and oxygen atoms in total. The molecule has 1 aromatic carbocycles. The van der Waals surface area contributed by atoms with Crippen LogP contribution < -0.4 is 0 Å². The van der Waals surface area contributed by atoms with E-state index in [0.29, 0.717) is 6.42 Å². The number of hydrogen-bond donors (Lipinski definition) is 0. The molecule has 1 heterocycles. The van der Waals surface area contributed by atoms with Gasteiger partial charge in [0.15, 0.2) is 0 Å². The van der Waals surface area contributed by atoms with Crippen molar-refractivity contribution in [3.63, 3.8) is 0 Å². The molecular formula is C18H28O6S. The molecule has 0 radical (unpaired) electrons. The molecule has 142 valence electrons. The Bertz CT molecular complexity index is 613. The summed E-state index contributed by atoms with van der Waals surface area (Å²) in [7, 11) is -2.21. The van der Waals surface area contributed by atoms with E-state index in [2.05, 4.69) is 6.92 Å². The zero-order valence-electron chi connectivity index (χ0n) is 15.1. The maximum absolute atomic E-state index is 12.3. The predicted octanol–water partition coefficient (Wildman–Crippen LogP) is 3.04. The minimum Gasteiger partial charge on any atom is -0.372 e. The Hall–Kier alpha value is -0.990. The molecule has 1 aromatic rings. The van der Waals surface area contributed by atoms with Crippen LogP contribution in [-0.4, -0.2) is 47.2 Å². The zero-order valence-corrected chi connectivity index (χ0v) is 16.0. The molecule has 25 heavy (non-hydrogen) atoms. The third-order valence-electron chi connectivity index (χ3n) is 4.19. The lowest BCUT2D eigenvalue weighted by atomic mass is 9.98. The van der Waals surface area contributed by atoms with Gasteiger partial charge >= 0.3 is 0 Å². The lowest BCUT2D eigenvalue weighted by molar-refractivity contribution is -0.155. The van der Waals surface area contributed by atoms with Gasteiger partial charge in [-0.2, -0.15) is 8.42 Å². The Morgan fingerprint density at radius 1 is 1.16 bits per heavy atom. The molecule has 1 aliphatic heterocycles. The topological polar surface area (TPSA) is 71.1 Å². The van der Waals surface area contributed by atoms with Crippen molar-refractivity contribution in [2.75, 3.05) is 20.5 Å². The van der Waals surface area contributed by atoms with Gasteiger partial charge < -0.3 is 14.2 Å². The minimum atomic E-state index is -3.79. The van der Waals surface area contributed by atoms with Crippen LogP contribution in [0, 0.1) is 6.92 Å². The monoisotopic (exact) mass is 372 g/mol. The van der Waals surface area contributed by atoms with E-state index in [1.165, 1.54) is 0 Å². The van der Waals surface area contributed by atoms with Gasteiger partial charge in [-0.3, -0.25) is 4.18 Å². The highest BCUT2D eigenvalue weighted by molar-refractivity contribution is 7.86. The number of ether oxygens (including phenoxy) is 3. The van der Waals surface area contributed by atoms with Crippen LogP contribution in [0.1, 0.15) is 38.2 Å². The van der Waals surface area contributed by atoms with Crippen molar-refractivity contribution in [3.05, 3.63) is 29.8 Å². The van der Waals surface area contributed by atoms with Gasteiger partial charge in [-0.05, 0) is 31.9 Å². The van der Waals surface area contributed by atoms with Crippen LogP contribution in [0.4, 0.5) is 0 Å². The summed E-state index contributed by atoms with van der Waals surface area (Å²) in [5.41, 5.74) is 0.995. The summed E-state index contributed by atoms with van der Waals surface area (Å²) in [5, 5.41) is 0. The molecule has 1 aliphatic rings. The van der Waals surface area contributed by atoms with E-state index in [1.54, 1.807) is 31.4 Å². The molecule has 3 atom stereocenters. The lowest BCUT2D eigenvalue weighted by Crippen LogP contribution is -2.40. The van der Waals surface area contributed by atoms with Gasteiger partial charge in [0, 0.05) is 13.5 Å². The van der Waals surface area contributed by atoms with Gasteiger partial charge in [0.05, 0.1) is 29.8 Å². The molecule has 0 saturated carbocycles. The minimum absolute atomic E-state index is 0.0106. The molecule has 0 spiro atoms. The SMILES string of the molecule is CCC[C@H]1C[C@@H](OCOC)C[C@@H](COS(=O)(=O)c2ccc(C)cc2)O1. The van der Waals surface area contributed by atoms with E-state index < -0.39 is 10.1 Å². The van der Waals surface area contributed by atoms with Crippen molar-refractivity contribution >= 4 is 10.1 Å². The maximum Gasteiger partial charge on any atom is 0.297 e. The Kier molecular flexibility index (Phi) is 7.83. The van der Waals surface area contributed by atoms with E-state index in [1.807, 2.05) is 6.92 Å². The van der Waals surface area contributed by atoms with Gasteiger partial charge in [-0.1, -0.05) is 31.0 Å². The van der Waals surface area contributed by atoms with Gasteiger partial charge in [-0.25, -0.2) is 0 Å². The van der Waals surface area contributed by atoms with Crippen LogP contribution >= 0.6 is 0 Å². The molecule has 0 N–H and O–H groups in total. The van der Waals surface area contributed by atoms with E-state index >= 15 is 0 Å². The molecule has 0 unspecified atom stereocenters. The molecular weight excluding hydrogens is 344 g/mol. The third-order valence-corrected chi connectivity index (χ3v) is 5.48. The fourth-order valence-electron chi connectivity index (χ4n) is 2.92. The summed E-state index contributed by atoms with van der Waals surface area (Å²) < 4.78 is 46.5. The summed E-state index contributed by atoms with van der Waals surface area (Å²) in [6, 6.07) is 6.60. The molecule has 0 bridgehead atoms. The smallest absolute Gasteiger partial charge is 0.297 e. The average Bonchev–Trinajstić information content (AvgIpc) is 2.59. The van der Waals surface area contributed by atoms with Crippen LogP contribution in [0.2, 0.25) is 0 Å². The quantitative estimate of drug-likeness (QED) is 0.490. The molecule has 0 amide bonds. The Morgan fingerprint density at radius 3 is 2.48 bits per heavy atom. The van der Waals surface area contributed by atoms with Crippen molar-refractivity contribution in [1.29, 1.82) is 0 Å². The van der Waals surface area contributed by atoms with E-state index in [9.17, 15) is 8.42 Å². The number of benzene rings is 1. The highest BCUT2D eigenvalue weighted by Crippen LogP contribution is 2.26. The predicted molar refractivity (Wildman–Crippen MR) is 93.9 cm³/mol. The molecule has 7 heteroatoms. The van der Waals surface area contributed by atoms with Crippen molar-refractivity contribution in [3.8, 4) is 0 Å². The zero-order chi connectivity index (χ0) is 18.3. The van der Waals surface area contributed by atoms with Crippen LogP contribution in [0.15, 0.2) is 29.2 Å². The molecule has 2 rings (SSSR count). The number of aryl methyl sites for hydroxylation is 1. The van der Waals surface area contributed by atoms with Crippen molar-refractivity contribution < 1.29 is 26.8 Å². The number of rotatable bonds is 9. The first-order valence-corrected chi connectivity index (χ1v) is 10.1. The van der Waals surface area contributed by atoms with Gasteiger partial charge in [0.2, 0.25) is 0 Å². The second-order valence-electron chi connectivity index (χ2n) is 6.39. The third kappa shape index (κ3) is 6.34. The molecule has 0 aromatic heterocycles. The second-order valence-corrected chi connectivity index (χ2v) is 8.00. The van der Waals surface area contributed by atoms with Crippen LogP contribution in [0.5, 0.6) is 0 Å². The number of hydrogen-bond acceptors (Lipinski definition) is 6. The number of methoxy groups -OCH3 is 1. The summed E-state index contributed by atoms with van der Waals surface area (Å²) >= 11 is 0. The Labute approximate surface area is 150 Å². The van der Waals surface area contributed by atoms with Crippen molar-refractivity contribution in [2.45, 2.75) is 62.7 Å². The maximum atomic E-state index is 12.3. The molecule has 1 saturated heterocycles. The fourth-order valence-corrected chi connectivity index (χ4v) is 3.86. The average molecular weight is 372 g/mol. The van der Waals surface area contributed by atoms with E-state index in [0.717, 1.165) is 24.8 Å². The molecule has 0 aliphatic carbocycles. The van der Waals surface area contributed by atoms with Crippen molar-refractivity contribution in [2.24, 2.45) is 0 Å². The van der Waals surface area contributed by atoms with E-state index in [-0.39, 0.29) is 36.6 Å². The van der Waals surface area contributed by atoms with Crippen LogP contribution in [-0.2, 0) is 28.5 Å². The van der Waals surface area contributed by atoms with Gasteiger partial charge in [-0.15, -0.1) is 0 Å².